The Kier molecular flexibility index (Phi) is 7.49. The summed E-state index contributed by atoms with van der Waals surface area (Å²) in [6.45, 7) is 0. The summed E-state index contributed by atoms with van der Waals surface area (Å²) in [6.07, 6.45) is 0. The van der Waals surface area contributed by atoms with Gasteiger partial charge in [-0.05, 0) is 73.1 Å². The molecule has 0 amide bonds. The van der Waals surface area contributed by atoms with Gasteiger partial charge in [-0.25, -0.2) is 15.0 Å². The van der Waals surface area contributed by atoms with E-state index in [2.05, 4.69) is 176 Å². The molecule has 0 aliphatic carbocycles. The lowest BCUT2D eigenvalue weighted by atomic mass is 9.94. The van der Waals surface area contributed by atoms with Crippen molar-refractivity contribution >= 4 is 21.5 Å². The molecule has 0 radical (unpaired) electrons. The maximum absolute atomic E-state index is 5.17. The Morgan fingerprint density at radius 2 is 0.640 bits per heavy atom. The molecule has 9 rings (SSSR count). The maximum atomic E-state index is 5.17. The summed E-state index contributed by atoms with van der Waals surface area (Å²) in [5.41, 5.74) is 9.93. The molecule has 50 heavy (non-hydrogen) atoms. The Morgan fingerprint density at radius 3 is 1.28 bits per heavy atom. The summed E-state index contributed by atoms with van der Waals surface area (Å²) >= 11 is 0. The summed E-state index contributed by atoms with van der Waals surface area (Å²) in [7, 11) is 0. The number of nitrogens with zero attached hydrogens (tertiary/aromatic N) is 3. The Hall–Kier alpha value is -6.71. The van der Waals surface area contributed by atoms with Crippen molar-refractivity contribution < 1.29 is 0 Å². The number of hydrogen-bond donors (Lipinski definition) is 0. The molecule has 0 saturated heterocycles. The van der Waals surface area contributed by atoms with Crippen molar-refractivity contribution in [2.75, 3.05) is 0 Å². The van der Waals surface area contributed by atoms with E-state index < -0.39 is 0 Å². The molecular weight excluding hydrogens is 607 g/mol. The second-order valence-electron chi connectivity index (χ2n) is 12.5. The molecule has 0 bridgehead atoms. The first-order valence-electron chi connectivity index (χ1n) is 16.9. The van der Waals surface area contributed by atoms with Crippen LogP contribution < -0.4 is 0 Å². The first-order chi connectivity index (χ1) is 24.8. The number of hydrogen-bond acceptors (Lipinski definition) is 3. The van der Waals surface area contributed by atoms with Gasteiger partial charge in [0.1, 0.15) is 0 Å². The second-order valence-corrected chi connectivity index (χ2v) is 12.5. The van der Waals surface area contributed by atoms with E-state index in [0.29, 0.717) is 17.5 Å². The van der Waals surface area contributed by atoms with Crippen LogP contribution in [0.5, 0.6) is 0 Å². The summed E-state index contributed by atoms with van der Waals surface area (Å²) < 4.78 is 0. The highest BCUT2D eigenvalue weighted by Crippen LogP contribution is 2.36. The Morgan fingerprint density at radius 1 is 0.240 bits per heavy atom. The molecule has 0 aliphatic rings. The lowest BCUT2D eigenvalue weighted by Gasteiger charge is -2.13. The number of aromatic nitrogens is 3. The monoisotopic (exact) mass is 637 g/mol. The molecule has 9 aromatic rings. The van der Waals surface area contributed by atoms with Gasteiger partial charge in [-0.1, -0.05) is 170 Å². The van der Waals surface area contributed by atoms with Crippen LogP contribution in [0.25, 0.3) is 89.1 Å². The summed E-state index contributed by atoms with van der Waals surface area (Å²) in [5.74, 6) is 1.93. The summed E-state index contributed by atoms with van der Waals surface area (Å²) in [5, 5.41) is 4.56. The molecule has 1 aromatic heterocycles. The van der Waals surface area contributed by atoms with E-state index in [9.17, 15) is 0 Å². The van der Waals surface area contributed by atoms with E-state index in [0.717, 1.165) is 38.4 Å². The molecule has 0 spiro atoms. The third-order valence-electron chi connectivity index (χ3n) is 9.34. The quantitative estimate of drug-likeness (QED) is 0.182. The van der Waals surface area contributed by atoms with Crippen molar-refractivity contribution in [1.29, 1.82) is 0 Å². The molecule has 0 aliphatic heterocycles. The molecule has 234 valence electrons. The predicted molar refractivity (Wildman–Crippen MR) is 207 cm³/mol. The molecule has 0 atom stereocenters. The fourth-order valence-electron chi connectivity index (χ4n) is 6.76. The van der Waals surface area contributed by atoms with E-state index in [-0.39, 0.29) is 0 Å². The van der Waals surface area contributed by atoms with Crippen molar-refractivity contribution in [2.24, 2.45) is 0 Å². The van der Waals surface area contributed by atoms with Gasteiger partial charge in [-0.2, -0.15) is 0 Å². The molecule has 0 saturated carbocycles. The molecular formula is C47H31N3. The van der Waals surface area contributed by atoms with Crippen LogP contribution in [0.3, 0.4) is 0 Å². The van der Waals surface area contributed by atoms with Gasteiger partial charge in [0, 0.05) is 16.7 Å². The van der Waals surface area contributed by atoms with Gasteiger partial charge in [0.2, 0.25) is 0 Å². The van der Waals surface area contributed by atoms with Gasteiger partial charge in [-0.15, -0.1) is 0 Å². The minimum absolute atomic E-state index is 0.639. The SMILES string of the molecule is c1ccc(-c2ccc(-c3nc(-c4ccc5cc(-c6ccccc6)ccc5c4)nc(-c4ccc(-c5ccccc5)c5ccccc45)n3)cc2)cc1. The molecule has 8 aromatic carbocycles. The zero-order valence-corrected chi connectivity index (χ0v) is 27.2. The average Bonchev–Trinajstić information content (AvgIpc) is 3.21. The minimum Gasteiger partial charge on any atom is -0.208 e. The van der Waals surface area contributed by atoms with Crippen LogP contribution in [-0.4, -0.2) is 15.0 Å². The topological polar surface area (TPSA) is 38.7 Å². The molecule has 0 N–H and O–H groups in total. The van der Waals surface area contributed by atoms with Gasteiger partial charge in [0.25, 0.3) is 0 Å². The highest BCUT2D eigenvalue weighted by atomic mass is 15.0. The Balaban J connectivity index is 1.19. The second kappa shape index (κ2) is 12.7. The number of benzene rings is 8. The van der Waals surface area contributed by atoms with Crippen LogP contribution in [0.1, 0.15) is 0 Å². The first kappa shape index (κ1) is 29.4. The third kappa shape index (κ3) is 5.61. The number of rotatable bonds is 6. The van der Waals surface area contributed by atoms with Crippen molar-refractivity contribution in [2.45, 2.75) is 0 Å². The molecule has 1 heterocycles. The van der Waals surface area contributed by atoms with Crippen LogP contribution in [0.4, 0.5) is 0 Å². The Labute approximate surface area is 291 Å². The van der Waals surface area contributed by atoms with E-state index >= 15 is 0 Å². The molecule has 3 heteroatoms. The normalized spacial score (nSPS) is 11.2. The van der Waals surface area contributed by atoms with Crippen molar-refractivity contribution in [3.8, 4) is 67.5 Å². The highest BCUT2D eigenvalue weighted by molar-refractivity contribution is 6.04. The van der Waals surface area contributed by atoms with Crippen LogP contribution in [-0.2, 0) is 0 Å². The maximum Gasteiger partial charge on any atom is 0.164 e. The van der Waals surface area contributed by atoms with E-state index in [1.54, 1.807) is 0 Å². The van der Waals surface area contributed by atoms with Crippen molar-refractivity contribution in [3.63, 3.8) is 0 Å². The largest absolute Gasteiger partial charge is 0.208 e. The van der Waals surface area contributed by atoms with Crippen molar-refractivity contribution in [1.82, 2.24) is 15.0 Å². The molecule has 0 unspecified atom stereocenters. The first-order valence-corrected chi connectivity index (χ1v) is 16.9. The van der Waals surface area contributed by atoms with E-state index in [1.165, 1.54) is 33.2 Å². The van der Waals surface area contributed by atoms with Crippen LogP contribution in [0, 0.1) is 0 Å². The van der Waals surface area contributed by atoms with Crippen LogP contribution in [0.15, 0.2) is 188 Å². The van der Waals surface area contributed by atoms with Crippen LogP contribution >= 0.6 is 0 Å². The average molecular weight is 638 g/mol. The van der Waals surface area contributed by atoms with Crippen LogP contribution in [0.2, 0.25) is 0 Å². The summed E-state index contributed by atoms with van der Waals surface area (Å²) in [6, 6.07) is 65.8. The highest BCUT2D eigenvalue weighted by Gasteiger charge is 2.16. The molecule has 3 nitrogen and oxygen atoms in total. The minimum atomic E-state index is 0.639. The fraction of sp³-hybridized carbons (Fsp3) is 0. The third-order valence-corrected chi connectivity index (χ3v) is 9.34. The Bertz CT molecular complexity index is 2610. The zero-order valence-electron chi connectivity index (χ0n) is 27.2. The van der Waals surface area contributed by atoms with Gasteiger partial charge in [0.05, 0.1) is 0 Å². The standard InChI is InChI=1S/C47H31N3/c1-4-12-32(13-5-1)34-20-22-36(23-21-34)45-48-46(40-27-26-38-30-37(24-25-39(38)31-40)33-14-6-2-7-15-33)50-47(49-45)44-29-28-41(35-16-8-3-9-17-35)42-18-10-11-19-43(42)44/h1-31H. The van der Waals surface area contributed by atoms with Gasteiger partial charge in [0.15, 0.2) is 17.5 Å². The van der Waals surface area contributed by atoms with Gasteiger partial charge < -0.3 is 0 Å². The fourth-order valence-corrected chi connectivity index (χ4v) is 6.76. The lowest BCUT2D eigenvalue weighted by Crippen LogP contribution is -2.01. The van der Waals surface area contributed by atoms with Gasteiger partial charge >= 0.3 is 0 Å². The van der Waals surface area contributed by atoms with E-state index in [4.69, 9.17) is 15.0 Å². The lowest BCUT2D eigenvalue weighted by molar-refractivity contribution is 1.08. The van der Waals surface area contributed by atoms with Crippen molar-refractivity contribution in [3.05, 3.63) is 188 Å². The zero-order chi connectivity index (χ0) is 33.3. The smallest absolute Gasteiger partial charge is 0.164 e. The summed E-state index contributed by atoms with van der Waals surface area (Å²) in [4.78, 5) is 15.4. The molecule has 0 fully saturated rings. The predicted octanol–water partition coefficient (Wildman–Crippen LogP) is 12.2. The van der Waals surface area contributed by atoms with Gasteiger partial charge in [-0.3, -0.25) is 0 Å². The van der Waals surface area contributed by atoms with E-state index in [1.807, 2.05) is 12.1 Å². The number of fused-ring (bicyclic) bond motifs is 2.